The fraction of sp³-hybridized carbons (Fsp3) is 0.0476. The number of hydrazine groups is 1. The minimum Gasteiger partial charge on any atom is -0.276 e. The van der Waals surface area contributed by atoms with Gasteiger partial charge in [-0.15, -0.1) is 34.0 Å². The topological polar surface area (TPSA) is 53.5 Å². The van der Waals surface area contributed by atoms with Crippen LogP contribution in [0.5, 0.6) is 0 Å². The van der Waals surface area contributed by atoms with E-state index in [1.54, 1.807) is 24.3 Å². The Labute approximate surface area is 200 Å². The molecule has 2 N–H and O–H groups in total. The van der Waals surface area contributed by atoms with Crippen LogP contribution in [0.2, 0.25) is 5.02 Å². The highest BCUT2D eigenvalue weighted by molar-refractivity contribution is 8.93. The fourth-order valence-electron chi connectivity index (χ4n) is 2.23. The second kappa shape index (κ2) is 13.4. The van der Waals surface area contributed by atoms with Crippen LogP contribution < -0.4 is 10.9 Å². The van der Waals surface area contributed by atoms with E-state index in [4.69, 9.17) is 11.6 Å². The number of amides is 1. The van der Waals surface area contributed by atoms with Gasteiger partial charge >= 0.3 is 0 Å². The number of aliphatic imine (C=N–C) groups is 1. The minimum absolute atomic E-state index is 0. The number of amidine groups is 1. The Bertz CT molecular complexity index is 910. The standard InChI is InChI=1S/C21H18ClN3OS.2BrH/c22-18-13-11-17(12-14-18)20(26)24-25-21(23-19-9-5-2-6-10-19)27-15-16-7-3-1-4-8-16;;/h1-14H,15H2,(H,23,25)(H,24,26);2*1H. The van der Waals surface area contributed by atoms with Crippen molar-refractivity contribution in [3.63, 3.8) is 0 Å². The van der Waals surface area contributed by atoms with E-state index >= 15 is 0 Å². The van der Waals surface area contributed by atoms with Gasteiger partial charge in [0.25, 0.3) is 5.91 Å². The van der Waals surface area contributed by atoms with Gasteiger partial charge < -0.3 is 0 Å². The first-order valence-electron chi connectivity index (χ1n) is 8.33. The van der Waals surface area contributed by atoms with Gasteiger partial charge in [0.15, 0.2) is 5.17 Å². The zero-order valence-electron chi connectivity index (χ0n) is 15.2. The molecule has 0 saturated carbocycles. The number of halogens is 3. The number of nitrogens with zero attached hydrogens (tertiary/aromatic N) is 1. The minimum atomic E-state index is -0.257. The predicted octanol–water partition coefficient (Wildman–Crippen LogP) is 6.35. The molecule has 0 heterocycles. The van der Waals surface area contributed by atoms with Crippen molar-refractivity contribution in [3.8, 4) is 0 Å². The third-order valence-corrected chi connectivity index (χ3v) is 4.79. The number of hydrogen-bond acceptors (Lipinski definition) is 3. The molecule has 0 radical (unpaired) electrons. The van der Waals surface area contributed by atoms with E-state index in [-0.39, 0.29) is 39.9 Å². The van der Waals surface area contributed by atoms with E-state index in [1.807, 2.05) is 48.5 Å². The van der Waals surface area contributed by atoms with Crippen LogP contribution in [0.25, 0.3) is 0 Å². The van der Waals surface area contributed by atoms with Gasteiger partial charge in [0, 0.05) is 16.3 Å². The van der Waals surface area contributed by atoms with E-state index in [2.05, 4.69) is 28.0 Å². The molecule has 0 saturated heterocycles. The van der Waals surface area contributed by atoms with Crippen LogP contribution in [0.1, 0.15) is 15.9 Å². The largest absolute Gasteiger partial charge is 0.276 e. The average molecular weight is 558 g/mol. The lowest BCUT2D eigenvalue weighted by molar-refractivity contribution is 0.0944. The Morgan fingerprint density at radius 1 is 0.828 bits per heavy atom. The predicted molar refractivity (Wildman–Crippen MR) is 134 cm³/mol. The molecule has 29 heavy (non-hydrogen) atoms. The van der Waals surface area contributed by atoms with E-state index in [9.17, 15) is 4.79 Å². The number of carbonyl (C=O) groups excluding carboxylic acids is 1. The van der Waals surface area contributed by atoms with Crippen LogP contribution in [-0.4, -0.2) is 11.1 Å². The van der Waals surface area contributed by atoms with Crippen LogP contribution in [0.3, 0.4) is 0 Å². The van der Waals surface area contributed by atoms with Crippen molar-refractivity contribution >= 4 is 74.1 Å². The van der Waals surface area contributed by atoms with Crippen molar-refractivity contribution in [1.29, 1.82) is 0 Å². The number of nitrogens with one attached hydrogen (secondary N) is 2. The Kier molecular flexibility index (Phi) is 11.7. The Morgan fingerprint density at radius 2 is 1.41 bits per heavy atom. The van der Waals surface area contributed by atoms with Gasteiger partial charge in [0.2, 0.25) is 0 Å². The highest BCUT2D eigenvalue weighted by atomic mass is 79.9. The molecule has 0 fully saturated rings. The summed E-state index contributed by atoms with van der Waals surface area (Å²) in [4.78, 5) is 16.9. The lowest BCUT2D eigenvalue weighted by atomic mass is 10.2. The maximum atomic E-state index is 12.3. The summed E-state index contributed by atoms with van der Waals surface area (Å²) >= 11 is 7.38. The summed E-state index contributed by atoms with van der Waals surface area (Å²) in [7, 11) is 0. The van der Waals surface area contributed by atoms with Crippen molar-refractivity contribution in [2.45, 2.75) is 5.75 Å². The van der Waals surface area contributed by atoms with Crippen LogP contribution in [0, 0.1) is 0 Å². The van der Waals surface area contributed by atoms with Crippen molar-refractivity contribution in [3.05, 3.63) is 101 Å². The van der Waals surface area contributed by atoms with Gasteiger partial charge in [-0.2, -0.15) is 0 Å². The number of thioether (sulfide) groups is 1. The third-order valence-electron chi connectivity index (χ3n) is 3.59. The molecular formula is C21H20Br2ClN3OS. The summed E-state index contributed by atoms with van der Waals surface area (Å²) in [6.45, 7) is 0. The summed E-state index contributed by atoms with van der Waals surface area (Å²) in [5, 5.41) is 1.19. The van der Waals surface area contributed by atoms with Crippen molar-refractivity contribution in [2.75, 3.05) is 0 Å². The number of carbonyl (C=O) groups is 1. The molecule has 3 aromatic rings. The second-order valence-corrected chi connectivity index (χ2v) is 7.01. The zero-order valence-corrected chi connectivity index (χ0v) is 20.2. The van der Waals surface area contributed by atoms with Crippen molar-refractivity contribution < 1.29 is 4.79 Å². The molecule has 0 aliphatic heterocycles. The highest BCUT2D eigenvalue weighted by Gasteiger charge is 2.07. The van der Waals surface area contributed by atoms with E-state index in [0.29, 0.717) is 15.8 Å². The summed E-state index contributed by atoms with van der Waals surface area (Å²) < 4.78 is 0. The first-order valence-corrected chi connectivity index (χ1v) is 9.69. The molecule has 0 aromatic heterocycles. The van der Waals surface area contributed by atoms with Crippen LogP contribution >= 0.6 is 57.3 Å². The summed E-state index contributed by atoms with van der Waals surface area (Å²) in [5.74, 6) is 0.476. The van der Waals surface area contributed by atoms with E-state index in [1.165, 1.54) is 17.3 Å². The molecule has 0 aliphatic carbocycles. The average Bonchev–Trinajstić information content (AvgIpc) is 2.72. The fourth-order valence-corrected chi connectivity index (χ4v) is 3.14. The third kappa shape index (κ3) is 8.62. The maximum absolute atomic E-state index is 12.3. The van der Waals surface area contributed by atoms with Gasteiger partial charge in [-0.25, -0.2) is 4.99 Å². The van der Waals surface area contributed by atoms with E-state index in [0.717, 1.165) is 11.4 Å². The van der Waals surface area contributed by atoms with Gasteiger partial charge in [0.1, 0.15) is 0 Å². The smallest absolute Gasteiger partial charge is 0.269 e. The highest BCUT2D eigenvalue weighted by Crippen LogP contribution is 2.17. The first-order chi connectivity index (χ1) is 13.2. The zero-order chi connectivity index (χ0) is 18.9. The van der Waals surface area contributed by atoms with Crippen molar-refractivity contribution in [2.24, 2.45) is 4.99 Å². The lowest BCUT2D eigenvalue weighted by Gasteiger charge is -2.11. The molecule has 152 valence electrons. The molecular weight excluding hydrogens is 538 g/mol. The molecule has 1 amide bonds. The number of benzene rings is 3. The van der Waals surface area contributed by atoms with Gasteiger partial charge in [-0.3, -0.25) is 15.6 Å². The quantitative estimate of drug-likeness (QED) is 0.223. The summed E-state index contributed by atoms with van der Waals surface area (Å²) in [6.07, 6.45) is 0. The molecule has 0 atom stereocenters. The van der Waals surface area contributed by atoms with Gasteiger partial charge in [0.05, 0.1) is 5.69 Å². The second-order valence-electron chi connectivity index (χ2n) is 5.61. The molecule has 4 nitrogen and oxygen atoms in total. The Balaban J connectivity index is 0.00000210. The van der Waals surface area contributed by atoms with Crippen LogP contribution in [0.15, 0.2) is 89.9 Å². The molecule has 3 rings (SSSR count). The molecule has 0 spiro atoms. The number of rotatable bonds is 4. The molecule has 0 bridgehead atoms. The van der Waals surface area contributed by atoms with Gasteiger partial charge in [-0.05, 0) is 42.0 Å². The summed E-state index contributed by atoms with van der Waals surface area (Å²) in [6, 6.07) is 26.4. The normalized spacial score (nSPS) is 10.3. The monoisotopic (exact) mass is 555 g/mol. The molecule has 3 aromatic carbocycles. The van der Waals surface area contributed by atoms with E-state index < -0.39 is 0 Å². The van der Waals surface area contributed by atoms with Crippen LogP contribution in [-0.2, 0) is 5.75 Å². The maximum Gasteiger partial charge on any atom is 0.269 e. The van der Waals surface area contributed by atoms with Crippen LogP contribution in [0.4, 0.5) is 5.69 Å². The lowest BCUT2D eigenvalue weighted by Crippen LogP contribution is -2.40. The number of para-hydroxylation sites is 1. The molecule has 0 aliphatic rings. The first kappa shape index (κ1) is 25.2. The Morgan fingerprint density at radius 3 is 2.03 bits per heavy atom. The van der Waals surface area contributed by atoms with Crippen molar-refractivity contribution in [1.82, 2.24) is 10.9 Å². The summed E-state index contributed by atoms with van der Waals surface area (Å²) in [5.41, 5.74) is 8.12. The van der Waals surface area contributed by atoms with Gasteiger partial charge in [-0.1, -0.05) is 71.9 Å². The molecule has 0 unspecified atom stereocenters. The number of hydrogen-bond donors (Lipinski definition) is 2. The SMILES string of the molecule is Br.Br.O=C(NNC(=Nc1ccccc1)SCc1ccccc1)c1ccc(Cl)cc1. The molecule has 8 heteroatoms. The Hall–Kier alpha value is -1.80.